The number of hydrogen-bond donors (Lipinski definition) is 3. The first kappa shape index (κ1) is 46.1. The number of carbonyl (C=O) groups is 5. The van der Waals surface area contributed by atoms with Crippen molar-refractivity contribution in [3.63, 3.8) is 0 Å². The highest BCUT2D eigenvalue weighted by molar-refractivity contribution is 6.11. The second-order valence-corrected chi connectivity index (χ2v) is 15.6. The van der Waals surface area contributed by atoms with Gasteiger partial charge in [0.15, 0.2) is 0 Å². The molecule has 4 aromatic carbocycles. The molecule has 4 amide bonds. The van der Waals surface area contributed by atoms with Gasteiger partial charge in [-0.25, -0.2) is 0 Å². The molecule has 0 spiro atoms. The van der Waals surface area contributed by atoms with E-state index in [1.54, 1.807) is 56.9 Å². The number of morpholine rings is 1. The third kappa shape index (κ3) is 13.2. The standard InChI is InChI=1S/C47H54F2N4O8/c1-31(2)40(30-60-28-34-11-7-5-8-12-34)51-46(58)47(48,49)42(54)39(27-33-15-21-38(22-16-33)61-29-35-13-9-6-10-14-35)50-44(56)41(32(3)4)52-43(55)36-17-19-37(20-18-36)45(57)53-23-25-59-26-24-53/h5-22,31-32,39-41H,23-30H2,1-4H3,(H,50,56)(H,51,58)(H,52,55)/t39?,40-,41-/m0/s1. The summed E-state index contributed by atoms with van der Waals surface area (Å²) in [5.74, 6) is -10.4. The van der Waals surface area contributed by atoms with E-state index in [0.29, 0.717) is 43.2 Å². The Kier molecular flexibility index (Phi) is 16.6. The lowest BCUT2D eigenvalue weighted by Crippen LogP contribution is -2.60. The second kappa shape index (κ2) is 22.0. The number of amides is 4. The fourth-order valence-electron chi connectivity index (χ4n) is 6.51. The van der Waals surface area contributed by atoms with Crippen molar-refractivity contribution in [3.8, 4) is 5.75 Å². The van der Waals surface area contributed by atoms with Crippen molar-refractivity contribution in [1.82, 2.24) is 20.9 Å². The minimum absolute atomic E-state index is 0.0932. The Hall–Kier alpha value is -5.99. The fourth-order valence-corrected chi connectivity index (χ4v) is 6.51. The minimum Gasteiger partial charge on any atom is -0.489 e. The van der Waals surface area contributed by atoms with Crippen LogP contribution in [-0.2, 0) is 43.5 Å². The monoisotopic (exact) mass is 840 g/mol. The van der Waals surface area contributed by atoms with E-state index >= 15 is 8.78 Å². The van der Waals surface area contributed by atoms with E-state index in [-0.39, 0.29) is 37.2 Å². The highest BCUT2D eigenvalue weighted by atomic mass is 19.3. The zero-order valence-electron chi connectivity index (χ0n) is 34.9. The number of nitrogens with zero attached hydrogens (tertiary/aromatic N) is 1. The number of rotatable bonds is 20. The van der Waals surface area contributed by atoms with Gasteiger partial charge in [0.05, 0.1) is 38.5 Å². The largest absolute Gasteiger partial charge is 0.489 e. The SMILES string of the molecule is CC(C)[C@H](COCc1ccccc1)NC(=O)C(F)(F)C(=O)C(Cc1ccc(OCc2ccccc2)cc1)NC(=O)[C@@H](NC(=O)c1ccc(C(=O)N2CCOCC2)cc1)C(C)C. The number of Topliss-reactive ketones (excluding diaryl/α,β-unsaturated/α-hetero) is 1. The Morgan fingerprint density at radius 3 is 1.84 bits per heavy atom. The van der Waals surface area contributed by atoms with Crippen molar-refractivity contribution in [3.05, 3.63) is 137 Å². The first-order valence-electron chi connectivity index (χ1n) is 20.4. The van der Waals surface area contributed by atoms with Gasteiger partial charge in [-0.05, 0) is 64.9 Å². The minimum atomic E-state index is -4.57. The van der Waals surface area contributed by atoms with Gasteiger partial charge in [-0.1, -0.05) is 100 Å². The molecule has 0 bridgehead atoms. The Bertz CT molecular complexity index is 2060. The highest BCUT2D eigenvalue weighted by Gasteiger charge is 2.51. The van der Waals surface area contributed by atoms with Gasteiger partial charge in [-0.2, -0.15) is 8.78 Å². The van der Waals surface area contributed by atoms with Crippen molar-refractivity contribution in [2.24, 2.45) is 11.8 Å². The Labute approximate surface area is 355 Å². The number of benzene rings is 4. The molecule has 1 unspecified atom stereocenters. The van der Waals surface area contributed by atoms with Crippen LogP contribution in [0, 0.1) is 11.8 Å². The number of ether oxygens (including phenoxy) is 3. The number of ketones is 1. The predicted molar refractivity (Wildman–Crippen MR) is 225 cm³/mol. The Balaban J connectivity index is 1.31. The molecule has 3 atom stereocenters. The molecule has 12 nitrogen and oxygen atoms in total. The Morgan fingerprint density at radius 2 is 1.26 bits per heavy atom. The molecule has 1 heterocycles. The Morgan fingerprint density at radius 1 is 0.689 bits per heavy atom. The number of carbonyl (C=O) groups excluding carboxylic acids is 5. The first-order chi connectivity index (χ1) is 29.2. The van der Waals surface area contributed by atoms with Crippen molar-refractivity contribution in [2.45, 2.75) is 71.4 Å². The van der Waals surface area contributed by atoms with Crippen molar-refractivity contribution < 1.29 is 47.0 Å². The first-order valence-corrected chi connectivity index (χ1v) is 20.4. The van der Waals surface area contributed by atoms with E-state index < -0.39 is 59.9 Å². The lowest BCUT2D eigenvalue weighted by atomic mass is 9.95. The van der Waals surface area contributed by atoms with Crippen LogP contribution in [0.15, 0.2) is 109 Å². The molecule has 0 radical (unpaired) electrons. The van der Waals surface area contributed by atoms with Gasteiger partial charge in [0, 0.05) is 30.6 Å². The summed E-state index contributed by atoms with van der Waals surface area (Å²) in [5, 5.41) is 7.38. The highest BCUT2D eigenvalue weighted by Crippen LogP contribution is 2.23. The fraction of sp³-hybridized carbons (Fsp3) is 0.383. The van der Waals surface area contributed by atoms with Crippen LogP contribution in [0.4, 0.5) is 8.78 Å². The maximum atomic E-state index is 16.1. The molecule has 1 aliphatic rings. The average Bonchev–Trinajstić information content (AvgIpc) is 3.27. The lowest BCUT2D eigenvalue weighted by molar-refractivity contribution is -0.161. The topological polar surface area (TPSA) is 152 Å². The van der Waals surface area contributed by atoms with E-state index in [2.05, 4.69) is 16.0 Å². The molecule has 0 aromatic heterocycles. The summed E-state index contributed by atoms with van der Waals surface area (Å²) >= 11 is 0. The molecule has 5 rings (SSSR count). The molecule has 3 N–H and O–H groups in total. The maximum Gasteiger partial charge on any atom is 0.383 e. The van der Waals surface area contributed by atoms with Crippen LogP contribution < -0.4 is 20.7 Å². The molecule has 1 fully saturated rings. The summed E-state index contributed by atoms with van der Waals surface area (Å²) in [6.45, 7) is 8.89. The number of halogens is 2. The maximum absolute atomic E-state index is 16.1. The third-order valence-corrected chi connectivity index (χ3v) is 10.3. The summed E-state index contributed by atoms with van der Waals surface area (Å²) < 4.78 is 49.0. The molecule has 324 valence electrons. The summed E-state index contributed by atoms with van der Waals surface area (Å²) in [6.07, 6.45) is -0.405. The molecule has 0 saturated carbocycles. The van der Waals surface area contributed by atoms with Gasteiger partial charge >= 0.3 is 5.92 Å². The van der Waals surface area contributed by atoms with Gasteiger partial charge < -0.3 is 35.1 Å². The van der Waals surface area contributed by atoms with E-state index in [1.807, 2.05) is 60.7 Å². The van der Waals surface area contributed by atoms with Crippen molar-refractivity contribution in [2.75, 3.05) is 32.9 Å². The van der Waals surface area contributed by atoms with Gasteiger partial charge in [-0.3, -0.25) is 24.0 Å². The van der Waals surface area contributed by atoms with Crippen LogP contribution in [0.5, 0.6) is 5.75 Å². The van der Waals surface area contributed by atoms with Crippen LogP contribution in [-0.4, -0.2) is 91.3 Å². The van der Waals surface area contributed by atoms with Crippen LogP contribution in [0.25, 0.3) is 0 Å². The van der Waals surface area contributed by atoms with E-state index in [4.69, 9.17) is 14.2 Å². The van der Waals surface area contributed by atoms with E-state index in [1.165, 1.54) is 24.3 Å². The molecule has 14 heteroatoms. The summed E-state index contributed by atoms with van der Waals surface area (Å²) in [5.41, 5.74) is 2.71. The van der Waals surface area contributed by atoms with Crippen LogP contribution in [0.3, 0.4) is 0 Å². The average molecular weight is 841 g/mol. The summed E-state index contributed by atoms with van der Waals surface area (Å²) in [7, 11) is 0. The van der Waals surface area contributed by atoms with Crippen LogP contribution >= 0.6 is 0 Å². The van der Waals surface area contributed by atoms with E-state index in [9.17, 15) is 24.0 Å². The number of alkyl halides is 2. The quantitative estimate of drug-likeness (QED) is 0.0948. The normalized spacial score (nSPS) is 14.5. The van der Waals surface area contributed by atoms with Crippen LogP contribution in [0.2, 0.25) is 0 Å². The molecule has 0 aliphatic carbocycles. The smallest absolute Gasteiger partial charge is 0.383 e. The summed E-state index contributed by atoms with van der Waals surface area (Å²) in [4.78, 5) is 69.1. The predicted octanol–water partition coefficient (Wildman–Crippen LogP) is 5.78. The molecule has 1 aliphatic heterocycles. The van der Waals surface area contributed by atoms with Gasteiger partial charge in [-0.15, -0.1) is 0 Å². The van der Waals surface area contributed by atoms with Gasteiger partial charge in [0.2, 0.25) is 11.7 Å². The molecule has 1 saturated heterocycles. The number of nitrogens with one attached hydrogen (secondary N) is 3. The molecule has 4 aromatic rings. The van der Waals surface area contributed by atoms with E-state index in [0.717, 1.165) is 11.1 Å². The van der Waals surface area contributed by atoms with Gasteiger partial charge in [0.1, 0.15) is 18.4 Å². The van der Waals surface area contributed by atoms with Gasteiger partial charge in [0.25, 0.3) is 17.7 Å². The molecular formula is C47H54F2N4O8. The lowest BCUT2D eigenvalue weighted by Gasteiger charge is -2.28. The second-order valence-electron chi connectivity index (χ2n) is 15.6. The number of hydrogen-bond acceptors (Lipinski definition) is 8. The molecule has 61 heavy (non-hydrogen) atoms. The van der Waals surface area contributed by atoms with Crippen molar-refractivity contribution in [1.29, 1.82) is 0 Å². The third-order valence-electron chi connectivity index (χ3n) is 10.3. The van der Waals surface area contributed by atoms with Crippen molar-refractivity contribution >= 4 is 29.4 Å². The summed E-state index contributed by atoms with van der Waals surface area (Å²) in [6, 6.07) is 27.0. The zero-order chi connectivity index (χ0) is 43.9. The zero-order valence-corrected chi connectivity index (χ0v) is 34.9. The molecular weight excluding hydrogens is 787 g/mol. The van der Waals surface area contributed by atoms with Crippen LogP contribution in [0.1, 0.15) is 65.1 Å².